The van der Waals surface area contributed by atoms with E-state index in [9.17, 15) is 25.5 Å². The first kappa shape index (κ1) is 18.9. The summed E-state index contributed by atoms with van der Waals surface area (Å²) in [6.07, 6.45) is 5.42. The molecule has 9 atom stereocenters. The zero-order chi connectivity index (χ0) is 18.9. The molecule has 0 aliphatic heterocycles. The highest BCUT2D eigenvalue weighted by atomic mass is 16.4. The summed E-state index contributed by atoms with van der Waals surface area (Å²) in [5.41, 5.74) is -0.518. The minimum Gasteiger partial charge on any atom is -0.394 e. The van der Waals surface area contributed by atoms with Gasteiger partial charge >= 0.3 is 0 Å². The molecule has 0 radical (unpaired) electrons. The normalized spacial score (nSPS) is 54.7. The molecule has 5 N–H and O–H groups in total. The molecule has 4 aliphatic rings. The smallest absolute Gasteiger partial charge is 0.106 e. The van der Waals surface area contributed by atoms with Gasteiger partial charge in [-0.25, -0.2) is 0 Å². The van der Waals surface area contributed by atoms with Crippen LogP contribution in [0.1, 0.15) is 58.8 Å². The van der Waals surface area contributed by atoms with Crippen molar-refractivity contribution in [2.75, 3.05) is 6.61 Å². The first-order valence-electron chi connectivity index (χ1n) is 10.3. The Balaban J connectivity index is 1.73. The lowest BCUT2D eigenvalue weighted by molar-refractivity contribution is -0.171. The van der Waals surface area contributed by atoms with Gasteiger partial charge in [0.1, 0.15) is 6.10 Å². The van der Waals surface area contributed by atoms with Crippen molar-refractivity contribution in [2.24, 2.45) is 28.6 Å². The molecule has 0 aromatic carbocycles. The maximum absolute atomic E-state index is 11.3. The maximum atomic E-state index is 11.3. The van der Waals surface area contributed by atoms with Crippen LogP contribution in [-0.4, -0.2) is 56.1 Å². The Morgan fingerprint density at radius 2 is 1.88 bits per heavy atom. The quantitative estimate of drug-likeness (QED) is 0.475. The lowest BCUT2D eigenvalue weighted by atomic mass is 9.47. The van der Waals surface area contributed by atoms with Gasteiger partial charge in [-0.1, -0.05) is 25.5 Å². The molecular formula is C21H34O5. The highest BCUT2D eigenvalue weighted by Crippen LogP contribution is 2.66. The predicted octanol–water partition coefficient (Wildman–Crippen LogP) is 1.37. The highest BCUT2D eigenvalue weighted by molar-refractivity contribution is 5.32. The summed E-state index contributed by atoms with van der Waals surface area (Å²) in [5.74, 6) is 0.412. The first-order valence-corrected chi connectivity index (χ1v) is 10.3. The molecule has 0 spiro atoms. The number of aliphatic hydroxyl groups excluding tert-OH is 4. The Hall–Kier alpha value is -0.460. The van der Waals surface area contributed by atoms with Crippen molar-refractivity contribution >= 4 is 0 Å². The molecule has 26 heavy (non-hydrogen) atoms. The molecular weight excluding hydrogens is 332 g/mol. The topological polar surface area (TPSA) is 101 Å². The second-order valence-electron chi connectivity index (χ2n) is 9.92. The van der Waals surface area contributed by atoms with Crippen LogP contribution in [0.4, 0.5) is 0 Å². The van der Waals surface area contributed by atoms with Crippen molar-refractivity contribution in [3.8, 4) is 0 Å². The fourth-order valence-corrected chi connectivity index (χ4v) is 7.22. The molecule has 3 fully saturated rings. The predicted molar refractivity (Wildman–Crippen MR) is 97.1 cm³/mol. The van der Waals surface area contributed by atoms with Gasteiger partial charge in [0.05, 0.1) is 24.4 Å². The van der Waals surface area contributed by atoms with Crippen LogP contribution in [0, 0.1) is 28.6 Å². The number of allylic oxidation sites excluding steroid dienone is 1. The van der Waals surface area contributed by atoms with Gasteiger partial charge < -0.3 is 25.5 Å². The minimum absolute atomic E-state index is 0.00478. The third kappa shape index (κ3) is 2.27. The molecule has 5 heteroatoms. The molecule has 0 heterocycles. The molecule has 0 saturated heterocycles. The lowest BCUT2D eigenvalue weighted by Crippen LogP contribution is -2.59. The van der Waals surface area contributed by atoms with Crippen molar-refractivity contribution in [1.82, 2.24) is 0 Å². The number of hydrogen-bond donors (Lipinski definition) is 5. The van der Waals surface area contributed by atoms with E-state index in [1.807, 2.05) is 6.92 Å². The third-order valence-electron chi connectivity index (χ3n) is 8.96. The number of fused-ring (bicyclic) bond motifs is 5. The SMILES string of the molecule is C[C@]12CC=C3C(C1CC[C@]2(O)C(O)CO)[C@H](O)C[C@@H]1C[C@H](O)CC[C@]31C. The standard InChI is InChI=1S/C21H34O5/c1-19-6-3-13(23)9-12(19)10-16(24)18-14(19)4-7-20(2)15(18)5-8-21(20,26)17(25)11-22/h4,12-13,15-18,22-26H,3,5-11H2,1-2H3/t12-,13+,15?,16+,17?,18?,19-,20-,21-/m0/s1. The summed E-state index contributed by atoms with van der Waals surface area (Å²) in [7, 11) is 0. The first-order chi connectivity index (χ1) is 12.2. The zero-order valence-corrected chi connectivity index (χ0v) is 15.9. The van der Waals surface area contributed by atoms with Crippen molar-refractivity contribution in [2.45, 2.75) is 82.7 Å². The molecule has 3 unspecified atom stereocenters. The molecule has 0 aromatic heterocycles. The van der Waals surface area contributed by atoms with Gasteiger partial charge in [0.25, 0.3) is 0 Å². The van der Waals surface area contributed by atoms with E-state index in [1.165, 1.54) is 5.57 Å². The van der Waals surface area contributed by atoms with Gasteiger partial charge in [-0.2, -0.15) is 0 Å². The van der Waals surface area contributed by atoms with E-state index in [0.29, 0.717) is 25.2 Å². The van der Waals surface area contributed by atoms with E-state index in [4.69, 9.17) is 0 Å². The van der Waals surface area contributed by atoms with Gasteiger partial charge in [0.15, 0.2) is 0 Å². The van der Waals surface area contributed by atoms with Crippen LogP contribution in [0.5, 0.6) is 0 Å². The van der Waals surface area contributed by atoms with E-state index < -0.39 is 29.8 Å². The van der Waals surface area contributed by atoms with E-state index >= 15 is 0 Å². The average Bonchev–Trinajstić information content (AvgIpc) is 2.88. The number of aliphatic hydroxyl groups is 5. The summed E-state index contributed by atoms with van der Waals surface area (Å²) in [5, 5.41) is 52.2. The molecule has 148 valence electrons. The van der Waals surface area contributed by atoms with Crippen LogP contribution < -0.4 is 0 Å². The molecule has 0 bridgehead atoms. The number of hydrogen-bond acceptors (Lipinski definition) is 5. The van der Waals surface area contributed by atoms with Crippen molar-refractivity contribution in [1.29, 1.82) is 0 Å². The highest BCUT2D eigenvalue weighted by Gasteiger charge is 2.65. The van der Waals surface area contributed by atoms with Gasteiger partial charge in [-0.05, 0) is 62.2 Å². The Morgan fingerprint density at radius 3 is 2.58 bits per heavy atom. The second-order valence-corrected chi connectivity index (χ2v) is 9.92. The van der Waals surface area contributed by atoms with Crippen LogP contribution in [0.15, 0.2) is 11.6 Å². The fraction of sp³-hybridized carbons (Fsp3) is 0.905. The zero-order valence-electron chi connectivity index (χ0n) is 15.9. The van der Waals surface area contributed by atoms with Gasteiger partial charge in [0.2, 0.25) is 0 Å². The second kappa shape index (κ2) is 6.02. The van der Waals surface area contributed by atoms with Gasteiger partial charge in [-0.15, -0.1) is 0 Å². The summed E-state index contributed by atoms with van der Waals surface area (Å²) in [6.45, 7) is 3.86. The largest absolute Gasteiger partial charge is 0.394 e. The van der Waals surface area contributed by atoms with Crippen LogP contribution in [-0.2, 0) is 0 Å². The Bertz CT molecular complexity index is 605. The molecule has 0 amide bonds. The van der Waals surface area contributed by atoms with Crippen LogP contribution >= 0.6 is 0 Å². The fourth-order valence-electron chi connectivity index (χ4n) is 7.22. The van der Waals surface area contributed by atoms with Crippen molar-refractivity contribution < 1.29 is 25.5 Å². The van der Waals surface area contributed by atoms with E-state index in [1.54, 1.807) is 0 Å². The van der Waals surface area contributed by atoms with Crippen molar-refractivity contribution in [3.63, 3.8) is 0 Å². The molecule has 5 nitrogen and oxygen atoms in total. The van der Waals surface area contributed by atoms with Crippen molar-refractivity contribution in [3.05, 3.63) is 11.6 Å². The summed E-state index contributed by atoms with van der Waals surface area (Å²) >= 11 is 0. The Kier molecular flexibility index (Phi) is 4.37. The average molecular weight is 366 g/mol. The van der Waals surface area contributed by atoms with Crippen LogP contribution in [0.2, 0.25) is 0 Å². The summed E-state index contributed by atoms with van der Waals surface area (Å²) in [4.78, 5) is 0. The number of rotatable bonds is 2. The summed E-state index contributed by atoms with van der Waals surface area (Å²) in [6, 6.07) is 0. The third-order valence-corrected chi connectivity index (χ3v) is 8.96. The lowest BCUT2D eigenvalue weighted by Gasteiger charge is -2.59. The van der Waals surface area contributed by atoms with E-state index in [0.717, 1.165) is 25.7 Å². The monoisotopic (exact) mass is 366 g/mol. The van der Waals surface area contributed by atoms with Gasteiger partial charge in [-0.3, -0.25) is 0 Å². The molecule has 4 rings (SSSR count). The molecule has 0 aromatic rings. The van der Waals surface area contributed by atoms with Crippen LogP contribution in [0.3, 0.4) is 0 Å². The maximum Gasteiger partial charge on any atom is 0.106 e. The van der Waals surface area contributed by atoms with Crippen LogP contribution in [0.25, 0.3) is 0 Å². The summed E-state index contributed by atoms with van der Waals surface area (Å²) < 4.78 is 0. The van der Waals surface area contributed by atoms with Gasteiger partial charge in [0, 0.05) is 11.3 Å². The molecule has 3 saturated carbocycles. The Morgan fingerprint density at radius 1 is 1.15 bits per heavy atom. The van der Waals surface area contributed by atoms with E-state index in [2.05, 4.69) is 13.0 Å². The van der Waals surface area contributed by atoms with E-state index in [-0.39, 0.29) is 23.4 Å². The minimum atomic E-state index is -1.31. The Labute approximate surface area is 155 Å². The molecule has 4 aliphatic carbocycles.